The number of aromatic carboxylic acids is 1. The van der Waals surface area contributed by atoms with E-state index in [0.717, 1.165) is 24.1 Å². The number of H-pyrrole nitrogens is 1. The van der Waals surface area contributed by atoms with Gasteiger partial charge in [-0.25, -0.2) is 9.78 Å². The SMILES string of the molecule is CCCc1cc(=O)[nH]c(/C(=C/c2cccc(C(=O)O)c2Cl)CC)n1. The quantitative estimate of drug-likeness (QED) is 0.827. The minimum atomic E-state index is -1.08. The van der Waals surface area contributed by atoms with Crippen LogP contribution in [0.15, 0.2) is 29.1 Å². The fourth-order valence-electron chi connectivity index (χ4n) is 2.40. The lowest BCUT2D eigenvalue weighted by Gasteiger charge is -2.08. The molecule has 0 bridgehead atoms. The zero-order valence-electron chi connectivity index (χ0n) is 13.6. The molecule has 24 heavy (non-hydrogen) atoms. The van der Waals surface area contributed by atoms with Crippen LogP contribution in [-0.4, -0.2) is 21.0 Å². The van der Waals surface area contributed by atoms with Crippen molar-refractivity contribution in [2.24, 2.45) is 0 Å². The fraction of sp³-hybridized carbons (Fsp3) is 0.278. The summed E-state index contributed by atoms with van der Waals surface area (Å²) in [7, 11) is 0. The van der Waals surface area contributed by atoms with Crippen molar-refractivity contribution >= 4 is 29.2 Å². The minimum Gasteiger partial charge on any atom is -0.478 e. The first-order chi connectivity index (χ1) is 11.5. The molecule has 1 aromatic heterocycles. The van der Waals surface area contributed by atoms with E-state index in [1.54, 1.807) is 18.2 Å². The van der Waals surface area contributed by atoms with Gasteiger partial charge in [-0.3, -0.25) is 4.79 Å². The number of aromatic nitrogens is 2. The number of hydrogen-bond acceptors (Lipinski definition) is 3. The van der Waals surface area contributed by atoms with Gasteiger partial charge in [0.2, 0.25) is 0 Å². The van der Waals surface area contributed by atoms with Crippen LogP contribution in [0, 0.1) is 0 Å². The van der Waals surface area contributed by atoms with Gasteiger partial charge in [0.1, 0.15) is 5.82 Å². The van der Waals surface area contributed by atoms with Crippen LogP contribution < -0.4 is 5.56 Å². The fourth-order valence-corrected chi connectivity index (χ4v) is 2.66. The van der Waals surface area contributed by atoms with Crippen LogP contribution in [0.2, 0.25) is 5.02 Å². The molecule has 1 aromatic carbocycles. The third kappa shape index (κ3) is 4.11. The highest BCUT2D eigenvalue weighted by Crippen LogP contribution is 2.26. The molecule has 0 aliphatic carbocycles. The van der Waals surface area contributed by atoms with Crippen molar-refractivity contribution in [2.75, 3.05) is 0 Å². The van der Waals surface area contributed by atoms with Crippen molar-refractivity contribution in [3.63, 3.8) is 0 Å². The maximum absolute atomic E-state index is 11.8. The Morgan fingerprint density at radius 2 is 2.12 bits per heavy atom. The molecule has 0 aliphatic rings. The van der Waals surface area contributed by atoms with E-state index in [9.17, 15) is 9.59 Å². The zero-order valence-corrected chi connectivity index (χ0v) is 14.4. The first-order valence-electron chi connectivity index (χ1n) is 7.79. The molecule has 0 radical (unpaired) electrons. The Labute approximate surface area is 145 Å². The Kier molecular flexibility index (Phi) is 5.93. The molecule has 0 saturated carbocycles. The lowest BCUT2D eigenvalue weighted by atomic mass is 10.1. The van der Waals surface area contributed by atoms with Gasteiger partial charge in [0.25, 0.3) is 5.56 Å². The molecule has 126 valence electrons. The molecule has 1 heterocycles. The number of nitrogens with one attached hydrogen (secondary N) is 1. The number of allylic oxidation sites excluding steroid dienone is 1. The molecular weight excluding hydrogens is 328 g/mol. The van der Waals surface area contributed by atoms with E-state index in [2.05, 4.69) is 9.97 Å². The molecular formula is C18H19ClN2O3. The molecule has 0 fully saturated rings. The zero-order chi connectivity index (χ0) is 17.7. The van der Waals surface area contributed by atoms with Crippen molar-refractivity contribution in [1.29, 1.82) is 0 Å². The maximum Gasteiger partial charge on any atom is 0.337 e. The van der Waals surface area contributed by atoms with E-state index < -0.39 is 5.97 Å². The highest BCUT2D eigenvalue weighted by molar-refractivity contribution is 6.35. The summed E-state index contributed by atoms with van der Waals surface area (Å²) in [5, 5.41) is 9.33. The summed E-state index contributed by atoms with van der Waals surface area (Å²) in [6.07, 6.45) is 4.01. The summed E-state index contributed by atoms with van der Waals surface area (Å²) in [5.74, 6) is -0.588. The molecule has 0 saturated heterocycles. The van der Waals surface area contributed by atoms with Gasteiger partial charge in [0, 0.05) is 11.8 Å². The Balaban J connectivity index is 2.53. The van der Waals surface area contributed by atoms with Crippen LogP contribution in [0.1, 0.15) is 54.1 Å². The van der Waals surface area contributed by atoms with E-state index in [1.165, 1.54) is 12.1 Å². The van der Waals surface area contributed by atoms with Gasteiger partial charge in [-0.1, -0.05) is 44.0 Å². The van der Waals surface area contributed by atoms with E-state index >= 15 is 0 Å². The standard InChI is InChI=1S/C18H19ClN2O3/c1-3-6-13-10-15(22)21-17(20-13)11(4-2)9-12-7-5-8-14(16(12)19)18(23)24/h5,7-10H,3-4,6H2,1-2H3,(H,23,24)(H,20,21,22)/b11-9+. The second-order valence-corrected chi connectivity index (χ2v) is 5.75. The first kappa shape index (κ1) is 17.9. The number of hydrogen-bond donors (Lipinski definition) is 2. The Morgan fingerprint density at radius 1 is 1.38 bits per heavy atom. The number of carboxylic acids is 1. The Hall–Kier alpha value is -2.40. The average molecular weight is 347 g/mol. The van der Waals surface area contributed by atoms with Gasteiger partial charge in [0.05, 0.1) is 10.6 Å². The lowest BCUT2D eigenvalue weighted by Crippen LogP contribution is -2.12. The first-order valence-corrected chi connectivity index (χ1v) is 8.17. The molecule has 0 aliphatic heterocycles. The predicted octanol–water partition coefficient (Wildman–Crippen LogP) is 4.02. The number of rotatable bonds is 6. The van der Waals surface area contributed by atoms with Crippen LogP contribution in [0.3, 0.4) is 0 Å². The molecule has 0 amide bonds. The number of aryl methyl sites for hydroxylation is 1. The molecule has 5 nitrogen and oxygen atoms in total. The van der Waals surface area contributed by atoms with E-state index in [-0.39, 0.29) is 16.1 Å². The van der Waals surface area contributed by atoms with Gasteiger partial charge in [-0.05, 0) is 36.1 Å². The Bertz CT molecular complexity index is 840. The largest absolute Gasteiger partial charge is 0.478 e. The highest BCUT2D eigenvalue weighted by Gasteiger charge is 2.12. The molecule has 0 unspecified atom stereocenters. The number of halogens is 1. The van der Waals surface area contributed by atoms with Crippen molar-refractivity contribution in [3.05, 3.63) is 62.3 Å². The van der Waals surface area contributed by atoms with Crippen molar-refractivity contribution in [1.82, 2.24) is 9.97 Å². The molecule has 6 heteroatoms. The van der Waals surface area contributed by atoms with Crippen molar-refractivity contribution in [2.45, 2.75) is 33.1 Å². The topological polar surface area (TPSA) is 83.0 Å². The highest BCUT2D eigenvalue weighted by atomic mass is 35.5. The smallest absolute Gasteiger partial charge is 0.337 e. The van der Waals surface area contributed by atoms with Crippen LogP contribution >= 0.6 is 11.6 Å². The van der Waals surface area contributed by atoms with Gasteiger partial charge in [-0.2, -0.15) is 0 Å². The van der Waals surface area contributed by atoms with Gasteiger partial charge in [0.15, 0.2) is 0 Å². The number of benzene rings is 1. The summed E-state index contributed by atoms with van der Waals surface area (Å²) in [6, 6.07) is 6.32. The third-order valence-corrected chi connectivity index (χ3v) is 4.00. The number of carbonyl (C=O) groups is 1. The monoisotopic (exact) mass is 346 g/mol. The number of nitrogens with zero attached hydrogens (tertiary/aromatic N) is 1. The normalized spacial score (nSPS) is 11.5. The molecule has 2 aromatic rings. The van der Waals surface area contributed by atoms with E-state index in [0.29, 0.717) is 17.8 Å². The summed E-state index contributed by atoms with van der Waals surface area (Å²) in [6.45, 7) is 3.96. The molecule has 2 rings (SSSR count). The predicted molar refractivity (Wildman–Crippen MR) is 95.4 cm³/mol. The molecule has 0 spiro atoms. The summed E-state index contributed by atoms with van der Waals surface area (Å²) in [4.78, 5) is 30.3. The van der Waals surface area contributed by atoms with Crippen LogP contribution in [0.5, 0.6) is 0 Å². The lowest BCUT2D eigenvalue weighted by molar-refractivity contribution is 0.0697. The van der Waals surface area contributed by atoms with Gasteiger partial charge in [-0.15, -0.1) is 0 Å². The van der Waals surface area contributed by atoms with E-state index in [4.69, 9.17) is 16.7 Å². The van der Waals surface area contributed by atoms with Crippen LogP contribution in [-0.2, 0) is 6.42 Å². The number of aromatic amines is 1. The minimum absolute atomic E-state index is 0.0436. The van der Waals surface area contributed by atoms with Gasteiger partial charge < -0.3 is 10.1 Å². The van der Waals surface area contributed by atoms with Crippen molar-refractivity contribution < 1.29 is 9.90 Å². The Morgan fingerprint density at radius 3 is 2.75 bits per heavy atom. The summed E-state index contributed by atoms with van der Waals surface area (Å²) >= 11 is 6.19. The molecule has 0 atom stereocenters. The summed E-state index contributed by atoms with van der Waals surface area (Å²) < 4.78 is 0. The van der Waals surface area contributed by atoms with Gasteiger partial charge >= 0.3 is 5.97 Å². The van der Waals surface area contributed by atoms with Crippen molar-refractivity contribution in [3.8, 4) is 0 Å². The molecule has 2 N–H and O–H groups in total. The average Bonchev–Trinajstić information content (AvgIpc) is 2.53. The number of carboxylic acid groups (broad SMARTS) is 1. The third-order valence-electron chi connectivity index (χ3n) is 3.57. The van der Waals surface area contributed by atoms with E-state index in [1.807, 2.05) is 13.8 Å². The van der Waals surface area contributed by atoms with Crippen LogP contribution in [0.25, 0.3) is 11.6 Å². The summed E-state index contributed by atoms with van der Waals surface area (Å²) in [5.41, 5.74) is 1.95. The second-order valence-electron chi connectivity index (χ2n) is 5.37. The van der Waals surface area contributed by atoms with Crippen LogP contribution in [0.4, 0.5) is 0 Å². The second kappa shape index (κ2) is 7.93. The maximum atomic E-state index is 11.8.